The molecule has 1 saturated heterocycles. The summed E-state index contributed by atoms with van der Waals surface area (Å²) < 4.78 is 10.6. The van der Waals surface area contributed by atoms with Gasteiger partial charge in [0.25, 0.3) is 11.7 Å². The summed E-state index contributed by atoms with van der Waals surface area (Å²) in [5.74, 6) is -0.818. The smallest absolute Gasteiger partial charge is 0.300 e. The van der Waals surface area contributed by atoms with E-state index in [-0.39, 0.29) is 11.3 Å². The Balaban J connectivity index is 1.94. The number of hydrogen-bond acceptors (Lipinski definition) is 6. The van der Waals surface area contributed by atoms with Crippen molar-refractivity contribution in [1.82, 2.24) is 4.98 Å². The molecule has 4 rings (SSSR count). The number of amides is 1. The van der Waals surface area contributed by atoms with Crippen molar-refractivity contribution in [1.29, 1.82) is 0 Å². The van der Waals surface area contributed by atoms with Gasteiger partial charge in [0.05, 0.1) is 31.2 Å². The summed E-state index contributed by atoms with van der Waals surface area (Å²) in [6.45, 7) is 0. The van der Waals surface area contributed by atoms with Crippen molar-refractivity contribution < 1.29 is 24.2 Å². The first kappa shape index (κ1) is 20.2. The number of aliphatic hydroxyl groups is 1. The fourth-order valence-electron chi connectivity index (χ4n) is 3.63. The van der Waals surface area contributed by atoms with Gasteiger partial charge in [-0.05, 0) is 48.5 Å². The van der Waals surface area contributed by atoms with Crippen LogP contribution < -0.4 is 14.4 Å². The molecule has 1 aromatic heterocycles. The molecule has 1 N–H and O–H groups in total. The summed E-state index contributed by atoms with van der Waals surface area (Å²) in [6.07, 6.45) is 1.57. The van der Waals surface area contributed by atoms with Gasteiger partial charge < -0.3 is 14.6 Å². The van der Waals surface area contributed by atoms with Gasteiger partial charge in [0, 0.05) is 11.8 Å². The third kappa shape index (κ3) is 3.50. The molecule has 0 saturated carbocycles. The van der Waals surface area contributed by atoms with Crippen molar-refractivity contribution in [3.8, 4) is 11.5 Å². The third-order valence-electron chi connectivity index (χ3n) is 5.12. The zero-order chi connectivity index (χ0) is 22.0. The largest absolute Gasteiger partial charge is 0.507 e. The van der Waals surface area contributed by atoms with E-state index < -0.39 is 17.7 Å². The number of aliphatic hydroxyl groups excluding tert-OH is 1. The number of ether oxygens (including phenoxy) is 2. The van der Waals surface area contributed by atoms with Crippen molar-refractivity contribution in [3.63, 3.8) is 0 Å². The maximum Gasteiger partial charge on any atom is 0.300 e. The summed E-state index contributed by atoms with van der Waals surface area (Å²) >= 11 is 0. The molecule has 2 heterocycles. The lowest BCUT2D eigenvalue weighted by atomic mass is 9.98. The second kappa shape index (κ2) is 8.31. The lowest BCUT2D eigenvalue weighted by molar-refractivity contribution is -0.132. The number of ketones is 1. The van der Waals surface area contributed by atoms with E-state index in [4.69, 9.17) is 9.47 Å². The van der Waals surface area contributed by atoms with E-state index in [0.717, 1.165) is 0 Å². The summed E-state index contributed by atoms with van der Waals surface area (Å²) in [7, 11) is 3.03. The highest BCUT2D eigenvalue weighted by Crippen LogP contribution is 2.44. The zero-order valence-electron chi connectivity index (χ0n) is 17.0. The Bertz CT molecular complexity index is 1160. The number of carbonyl (C=O) groups excluding carboxylic acids is 2. The molecule has 3 aromatic rings. The number of benzene rings is 2. The SMILES string of the molecule is COc1ccc(/C(O)=C2/C(=O)C(=O)N(c3ccccc3OC)C2c2ccccn2)cc1. The van der Waals surface area contributed by atoms with Gasteiger partial charge in [-0.1, -0.05) is 18.2 Å². The predicted molar refractivity (Wildman–Crippen MR) is 115 cm³/mol. The first-order valence-electron chi connectivity index (χ1n) is 9.56. The monoisotopic (exact) mass is 416 g/mol. The summed E-state index contributed by atoms with van der Waals surface area (Å²) in [4.78, 5) is 31.9. The van der Waals surface area contributed by atoms with Crippen molar-refractivity contribution in [2.75, 3.05) is 19.1 Å². The number of hydrogen-bond donors (Lipinski definition) is 1. The van der Waals surface area contributed by atoms with Gasteiger partial charge in [-0.3, -0.25) is 19.5 Å². The van der Waals surface area contributed by atoms with Crippen LogP contribution in [0.3, 0.4) is 0 Å². The lowest BCUT2D eigenvalue weighted by Crippen LogP contribution is -2.30. The second-order valence-corrected chi connectivity index (χ2v) is 6.82. The number of nitrogens with zero attached hydrogens (tertiary/aromatic N) is 2. The Hall–Kier alpha value is -4.13. The van der Waals surface area contributed by atoms with Crippen LogP contribution in [0.5, 0.6) is 11.5 Å². The number of methoxy groups -OCH3 is 2. The van der Waals surface area contributed by atoms with E-state index in [2.05, 4.69) is 4.98 Å². The molecule has 0 aliphatic carbocycles. The number of anilines is 1. The molecule has 1 aliphatic heterocycles. The molecule has 7 heteroatoms. The van der Waals surface area contributed by atoms with Gasteiger partial charge in [-0.15, -0.1) is 0 Å². The molecule has 1 atom stereocenters. The minimum atomic E-state index is -0.917. The van der Waals surface area contributed by atoms with Crippen molar-refractivity contribution in [3.05, 3.63) is 89.8 Å². The van der Waals surface area contributed by atoms with E-state index >= 15 is 0 Å². The van der Waals surface area contributed by atoms with E-state index in [0.29, 0.717) is 28.4 Å². The highest BCUT2D eigenvalue weighted by atomic mass is 16.5. The molecular weight excluding hydrogens is 396 g/mol. The Labute approximate surface area is 179 Å². The Kier molecular flexibility index (Phi) is 5.41. The highest BCUT2D eigenvalue weighted by molar-refractivity contribution is 6.51. The first-order chi connectivity index (χ1) is 15.1. The van der Waals surface area contributed by atoms with Crippen LogP contribution in [0.1, 0.15) is 17.3 Å². The molecule has 156 valence electrons. The van der Waals surface area contributed by atoms with Gasteiger partial charge >= 0.3 is 0 Å². The first-order valence-corrected chi connectivity index (χ1v) is 9.56. The van der Waals surface area contributed by atoms with E-state index in [1.54, 1.807) is 72.9 Å². The minimum absolute atomic E-state index is 0.0419. The minimum Gasteiger partial charge on any atom is -0.507 e. The summed E-state index contributed by atoms with van der Waals surface area (Å²) in [5, 5.41) is 11.1. The number of Topliss-reactive ketones (excluding diaryl/α,β-unsaturated/α-hetero) is 1. The van der Waals surface area contributed by atoms with E-state index in [1.165, 1.54) is 19.1 Å². The predicted octanol–water partition coefficient (Wildman–Crippen LogP) is 3.73. The molecule has 31 heavy (non-hydrogen) atoms. The van der Waals surface area contributed by atoms with Gasteiger partial charge in [0.15, 0.2) is 0 Å². The summed E-state index contributed by atoms with van der Waals surface area (Å²) in [6, 6.07) is 17.8. The van der Waals surface area contributed by atoms with Crippen LogP contribution in [0.25, 0.3) is 5.76 Å². The van der Waals surface area contributed by atoms with Crippen molar-refractivity contribution in [2.24, 2.45) is 0 Å². The lowest BCUT2D eigenvalue weighted by Gasteiger charge is -2.26. The fraction of sp³-hybridized carbons (Fsp3) is 0.125. The molecule has 1 aliphatic rings. The summed E-state index contributed by atoms with van der Waals surface area (Å²) in [5.41, 5.74) is 1.21. The maximum absolute atomic E-state index is 13.1. The van der Waals surface area contributed by atoms with Gasteiger partial charge in [0.2, 0.25) is 0 Å². The fourth-order valence-corrected chi connectivity index (χ4v) is 3.63. The molecule has 2 aromatic carbocycles. The van der Waals surface area contributed by atoms with Crippen molar-refractivity contribution in [2.45, 2.75) is 6.04 Å². The molecule has 0 spiro atoms. The molecule has 1 amide bonds. The third-order valence-corrected chi connectivity index (χ3v) is 5.12. The second-order valence-electron chi connectivity index (χ2n) is 6.82. The van der Waals surface area contributed by atoms with Gasteiger partial charge in [0.1, 0.15) is 23.3 Å². The molecular formula is C24H20N2O5. The molecule has 1 unspecified atom stereocenters. The zero-order valence-corrected chi connectivity index (χ0v) is 17.0. The maximum atomic E-state index is 13.1. The van der Waals surface area contributed by atoms with E-state index in [1.807, 2.05) is 0 Å². The Morgan fingerprint density at radius 3 is 2.29 bits per heavy atom. The Morgan fingerprint density at radius 2 is 1.65 bits per heavy atom. The van der Waals surface area contributed by atoms with Crippen LogP contribution in [0, 0.1) is 0 Å². The van der Waals surface area contributed by atoms with Crippen molar-refractivity contribution >= 4 is 23.1 Å². The standard InChI is InChI=1S/C24H20N2O5/c1-30-16-12-10-15(11-13-16)22(27)20-21(17-7-5-6-14-25-17)26(24(29)23(20)28)18-8-3-4-9-19(18)31-2/h3-14,21,27H,1-2H3/b22-20-. The van der Waals surface area contributed by atoms with Crippen LogP contribution in [0.4, 0.5) is 5.69 Å². The van der Waals surface area contributed by atoms with Gasteiger partial charge in [-0.2, -0.15) is 0 Å². The number of aromatic nitrogens is 1. The van der Waals surface area contributed by atoms with Gasteiger partial charge in [-0.25, -0.2) is 0 Å². The number of para-hydroxylation sites is 2. The number of pyridine rings is 1. The molecule has 7 nitrogen and oxygen atoms in total. The average molecular weight is 416 g/mol. The van der Waals surface area contributed by atoms with Crippen LogP contribution in [0.2, 0.25) is 0 Å². The molecule has 1 fully saturated rings. The molecule has 0 radical (unpaired) electrons. The number of carbonyl (C=O) groups is 2. The quantitative estimate of drug-likeness (QED) is 0.387. The number of rotatable bonds is 5. The Morgan fingerprint density at radius 1 is 0.935 bits per heavy atom. The van der Waals surface area contributed by atoms with Crippen LogP contribution in [-0.2, 0) is 9.59 Å². The molecule has 0 bridgehead atoms. The topological polar surface area (TPSA) is 89.0 Å². The highest BCUT2D eigenvalue weighted by Gasteiger charge is 2.48. The van der Waals surface area contributed by atoms with Crippen LogP contribution >= 0.6 is 0 Å². The van der Waals surface area contributed by atoms with Crippen LogP contribution in [-0.4, -0.2) is 36.0 Å². The van der Waals surface area contributed by atoms with E-state index in [9.17, 15) is 14.7 Å². The average Bonchev–Trinajstić information content (AvgIpc) is 3.09. The van der Waals surface area contributed by atoms with Crippen LogP contribution in [0.15, 0.2) is 78.5 Å². The normalized spacial score (nSPS) is 17.6.